The van der Waals surface area contributed by atoms with Gasteiger partial charge in [0.1, 0.15) is 35.8 Å². The second kappa shape index (κ2) is 11.0. The molecule has 48 heavy (non-hydrogen) atoms. The number of Topliss-reactive ketones (excluding diaryl/α,β-unsaturated/α-hetero) is 3. The molecule has 268 valence electrons. The van der Waals surface area contributed by atoms with Crippen LogP contribution in [0.4, 0.5) is 0 Å². The van der Waals surface area contributed by atoms with Gasteiger partial charge in [-0.25, -0.2) is 0 Å². The summed E-state index contributed by atoms with van der Waals surface area (Å²) in [5.41, 5.74) is -6.01. The van der Waals surface area contributed by atoms with Crippen molar-refractivity contribution in [1.29, 1.82) is 0 Å². The Morgan fingerprint density at radius 1 is 0.938 bits per heavy atom. The van der Waals surface area contributed by atoms with Gasteiger partial charge in [0.15, 0.2) is 11.5 Å². The average molecular weight is 677 g/mol. The lowest BCUT2D eigenvalue weighted by atomic mass is 9.39. The molecule has 0 aromatic rings. The van der Waals surface area contributed by atoms with Gasteiger partial charge in [-0.3, -0.25) is 14.4 Å². The van der Waals surface area contributed by atoms with E-state index < -0.39 is 106 Å². The van der Waals surface area contributed by atoms with Crippen molar-refractivity contribution in [3.8, 4) is 0 Å². The molecule has 6 aliphatic rings. The number of carbonyl (C=O) groups excluding carboxylic acids is 3. The van der Waals surface area contributed by atoms with E-state index in [1.807, 2.05) is 19.9 Å². The van der Waals surface area contributed by atoms with E-state index in [0.717, 1.165) is 5.57 Å². The number of fused-ring (bicyclic) bond motifs is 7. The van der Waals surface area contributed by atoms with Gasteiger partial charge in [-0.05, 0) is 70.3 Å². The summed E-state index contributed by atoms with van der Waals surface area (Å²) in [4.78, 5) is 42.3. The molecular formula is C36H52O12. The summed E-state index contributed by atoms with van der Waals surface area (Å²) >= 11 is 0. The Kier molecular flexibility index (Phi) is 8.19. The minimum atomic E-state index is -1.80. The van der Waals surface area contributed by atoms with Gasteiger partial charge in [0.25, 0.3) is 0 Å². The van der Waals surface area contributed by atoms with E-state index in [0.29, 0.717) is 12.8 Å². The van der Waals surface area contributed by atoms with Gasteiger partial charge in [-0.1, -0.05) is 32.4 Å². The van der Waals surface area contributed by atoms with Gasteiger partial charge in [0.2, 0.25) is 12.1 Å². The maximum atomic E-state index is 14.8. The molecule has 0 spiro atoms. The Morgan fingerprint density at radius 3 is 2.19 bits per heavy atom. The predicted octanol–water partition coefficient (Wildman–Crippen LogP) is 1.12. The fourth-order valence-electron chi connectivity index (χ4n) is 10.6. The summed E-state index contributed by atoms with van der Waals surface area (Å²) in [5, 5.41) is 63.8. The number of rotatable bonds is 4. The molecule has 2 aliphatic heterocycles. The van der Waals surface area contributed by atoms with Gasteiger partial charge < -0.3 is 44.8 Å². The molecule has 14 atom stereocenters. The summed E-state index contributed by atoms with van der Waals surface area (Å²) in [6.45, 7) is 13.5. The van der Waals surface area contributed by atoms with Crippen LogP contribution in [0.1, 0.15) is 81.1 Å². The van der Waals surface area contributed by atoms with Gasteiger partial charge in [0.05, 0.1) is 29.8 Å². The topological polar surface area (TPSA) is 200 Å². The number of aliphatic hydroxyl groups is 6. The molecule has 0 aromatic heterocycles. The number of hydrogen-bond donors (Lipinski definition) is 6. The van der Waals surface area contributed by atoms with E-state index in [9.17, 15) is 45.0 Å². The molecular weight excluding hydrogens is 624 g/mol. The molecule has 0 bridgehead atoms. The summed E-state index contributed by atoms with van der Waals surface area (Å²) in [5.74, 6) is -2.68. The van der Waals surface area contributed by atoms with Crippen molar-refractivity contribution in [1.82, 2.24) is 0 Å². The lowest BCUT2D eigenvalue weighted by molar-refractivity contribution is -0.291. The summed E-state index contributed by atoms with van der Waals surface area (Å²) < 4.78 is 18.1. The molecule has 6 rings (SSSR count). The third-order valence-corrected chi connectivity index (χ3v) is 13.8. The Labute approximate surface area is 281 Å². The monoisotopic (exact) mass is 676 g/mol. The van der Waals surface area contributed by atoms with Crippen LogP contribution in [0.25, 0.3) is 0 Å². The molecule has 6 N–H and O–H groups in total. The molecule has 2 heterocycles. The molecule has 0 amide bonds. The van der Waals surface area contributed by atoms with Crippen molar-refractivity contribution in [3.63, 3.8) is 0 Å². The zero-order chi connectivity index (χ0) is 35.7. The fraction of sp³-hybridized carbons (Fsp3) is 0.806. The highest BCUT2D eigenvalue weighted by molar-refractivity contribution is 6.02. The van der Waals surface area contributed by atoms with Gasteiger partial charge >= 0.3 is 0 Å². The van der Waals surface area contributed by atoms with Crippen molar-refractivity contribution in [3.05, 3.63) is 23.5 Å². The SMILES string of the molecule is CC1(C)C(=O)C(O[C@@H]2O[C@H](CO)[C@@H](O)[C@H](O)[C@H]2O)=C[C@@H]2C1=CC[C@@H]1[C@@]2(C)C(=O)C[C@]2(C)[C@@H]3[C@@H](C[C@@]12C)O[C@H](C(C)(C)O)CC(=O)[C@]3(C)O. The molecule has 4 aliphatic carbocycles. The van der Waals surface area contributed by atoms with Crippen LogP contribution in [0.3, 0.4) is 0 Å². The van der Waals surface area contributed by atoms with E-state index in [2.05, 4.69) is 6.92 Å². The Bertz CT molecular complexity index is 1450. The van der Waals surface area contributed by atoms with Crippen molar-refractivity contribution >= 4 is 17.3 Å². The molecule has 0 unspecified atom stereocenters. The smallest absolute Gasteiger partial charge is 0.229 e. The van der Waals surface area contributed by atoms with Crippen LogP contribution in [0.2, 0.25) is 0 Å². The zero-order valence-electron chi connectivity index (χ0n) is 29.1. The maximum absolute atomic E-state index is 14.8. The lowest BCUT2D eigenvalue weighted by Crippen LogP contribution is -2.64. The number of aliphatic hydroxyl groups excluding tert-OH is 4. The first-order valence-electron chi connectivity index (χ1n) is 17.1. The zero-order valence-corrected chi connectivity index (χ0v) is 29.1. The van der Waals surface area contributed by atoms with Crippen molar-refractivity contribution in [2.24, 2.45) is 39.4 Å². The van der Waals surface area contributed by atoms with Gasteiger partial charge in [0, 0.05) is 30.1 Å². The van der Waals surface area contributed by atoms with E-state index in [1.54, 1.807) is 33.8 Å². The highest BCUT2D eigenvalue weighted by Crippen LogP contribution is 2.74. The van der Waals surface area contributed by atoms with E-state index in [1.165, 1.54) is 6.92 Å². The Balaban J connectivity index is 1.42. The summed E-state index contributed by atoms with van der Waals surface area (Å²) in [6.07, 6.45) is -4.84. The third-order valence-electron chi connectivity index (χ3n) is 13.8. The number of ketones is 3. The average Bonchev–Trinajstić information content (AvgIpc) is 3.15. The number of allylic oxidation sites excluding steroid dienone is 4. The van der Waals surface area contributed by atoms with Crippen molar-refractivity contribution in [2.45, 2.75) is 135 Å². The lowest BCUT2D eigenvalue weighted by Gasteiger charge is -2.63. The van der Waals surface area contributed by atoms with Crippen molar-refractivity contribution in [2.75, 3.05) is 6.61 Å². The maximum Gasteiger partial charge on any atom is 0.229 e. The minimum absolute atomic E-state index is 0.0482. The molecule has 12 heteroatoms. The molecule has 0 radical (unpaired) electrons. The highest BCUT2D eigenvalue weighted by Gasteiger charge is 2.75. The van der Waals surface area contributed by atoms with Crippen LogP contribution in [0.15, 0.2) is 23.5 Å². The van der Waals surface area contributed by atoms with E-state index >= 15 is 0 Å². The molecule has 2 saturated heterocycles. The van der Waals surface area contributed by atoms with E-state index in [4.69, 9.17) is 14.2 Å². The first-order chi connectivity index (χ1) is 22.0. The summed E-state index contributed by atoms with van der Waals surface area (Å²) in [7, 11) is 0. The molecule has 0 aromatic carbocycles. The fourth-order valence-corrected chi connectivity index (χ4v) is 10.6. The third kappa shape index (κ3) is 4.66. The Hall–Kier alpha value is -2.03. The van der Waals surface area contributed by atoms with E-state index in [-0.39, 0.29) is 30.3 Å². The number of hydrogen-bond acceptors (Lipinski definition) is 12. The van der Waals surface area contributed by atoms with Crippen LogP contribution < -0.4 is 0 Å². The normalized spacial score (nSPS) is 50.3. The first kappa shape index (κ1) is 35.8. The van der Waals surface area contributed by atoms with Crippen LogP contribution in [-0.4, -0.2) is 109 Å². The van der Waals surface area contributed by atoms with Crippen LogP contribution in [0.5, 0.6) is 0 Å². The standard InChI is InChI=1S/C36H52O12/c1-31(2)16-9-10-21-33(5)13-19-28(36(8,45)22(38)12-24(46-19)32(3,4)44)34(33,6)14-23(39)35(21,7)17(16)11-18(29(31)43)47-30-27(42)26(41)25(40)20(15-37)48-30/h9,11,17,19-21,24-28,30,37,40-42,44-45H,10,12-15H2,1-8H3/t17-,19-,20-,21+,24+,25-,26+,27-,28+,30-,33+,34-,35+,36+/m1/s1. The molecule has 12 nitrogen and oxygen atoms in total. The van der Waals surface area contributed by atoms with Crippen LogP contribution in [0, 0.1) is 39.4 Å². The quantitative estimate of drug-likeness (QED) is 0.232. The van der Waals surface area contributed by atoms with Crippen LogP contribution in [-0.2, 0) is 28.6 Å². The number of ether oxygens (including phenoxy) is 3. The van der Waals surface area contributed by atoms with Crippen LogP contribution >= 0.6 is 0 Å². The second-order valence-electron chi connectivity index (χ2n) is 17.2. The highest BCUT2D eigenvalue weighted by atomic mass is 16.7. The minimum Gasteiger partial charge on any atom is -0.459 e. The van der Waals surface area contributed by atoms with Gasteiger partial charge in [-0.15, -0.1) is 0 Å². The largest absolute Gasteiger partial charge is 0.459 e. The second-order valence-corrected chi connectivity index (χ2v) is 17.2. The molecule has 4 fully saturated rings. The van der Waals surface area contributed by atoms with Gasteiger partial charge in [-0.2, -0.15) is 0 Å². The summed E-state index contributed by atoms with van der Waals surface area (Å²) in [6, 6.07) is 0. The Morgan fingerprint density at radius 2 is 1.58 bits per heavy atom. The van der Waals surface area contributed by atoms with Crippen molar-refractivity contribution < 1.29 is 59.2 Å². The predicted molar refractivity (Wildman–Crippen MR) is 169 cm³/mol. The molecule has 2 saturated carbocycles. The number of carbonyl (C=O) groups is 3. The first-order valence-corrected chi connectivity index (χ1v) is 17.1.